The average molecular weight is 244 g/mol. The maximum atomic E-state index is 10.9. The topological polar surface area (TPSA) is 98.1 Å². The van der Waals surface area contributed by atoms with Crippen molar-refractivity contribution in [3.8, 4) is 0 Å². The van der Waals surface area contributed by atoms with Crippen molar-refractivity contribution in [1.82, 2.24) is 9.97 Å². The highest BCUT2D eigenvalue weighted by molar-refractivity contribution is 6.32. The van der Waals surface area contributed by atoms with Gasteiger partial charge in [0.15, 0.2) is 11.0 Å². The fourth-order valence-electron chi connectivity index (χ4n) is 1.26. The van der Waals surface area contributed by atoms with Gasteiger partial charge in [0.05, 0.1) is 6.54 Å². The molecule has 0 aliphatic rings. The van der Waals surface area contributed by atoms with Gasteiger partial charge >= 0.3 is 0 Å². The van der Waals surface area contributed by atoms with E-state index in [0.29, 0.717) is 5.82 Å². The van der Waals surface area contributed by atoms with E-state index in [1.165, 1.54) is 6.33 Å². The third-order valence-electron chi connectivity index (χ3n) is 2.04. The first-order valence-corrected chi connectivity index (χ1v) is 5.12. The van der Waals surface area contributed by atoms with Crippen LogP contribution in [0.4, 0.5) is 11.5 Å². The summed E-state index contributed by atoms with van der Waals surface area (Å²) in [5.41, 5.74) is 11.2. The molecule has 4 N–H and O–H groups in total. The first-order chi connectivity index (χ1) is 7.43. The largest absolute Gasteiger partial charge is 0.393 e. The molecule has 1 rings (SSSR count). The normalized spacial score (nSPS) is 10.5. The molecule has 1 aromatic heterocycles. The quantitative estimate of drug-likeness (QED) is 0.747. The molecule has 0 saturated heterocycles. The molecule has 0 saturated carbocycles. The van der Waals surface area contributed by atoms with Crippen LogP contribution in [0.5, 0.6) is 0 Å². The van der Waals surface area contributed by atoms with E-state index in [1.54, 1.807) is 4.90 Å². The van der Waals surface area contributed by atoms with Crippen LogP contribution in [0.2, 0.25) is 5.15 Å². The number of amides is 1. The van der Waals surface area contributed by atoms with Gasteiger partial charge in [0.1, 0.15) is 12.0 Å². The zero-order chi connectivity index (χ0) is 12.3. The zero-order valence-corrected chi connectivity index (χ0v) is 9.90. The number of aromatic nitrogens is 2. The van der Waals surface area contributed by atoms with Crippen molar-refractivity contribution >= 4 is 29.0 Å². The molecule has 0 unspecified atom stereocenters. The summed E-state index contributed by atoms with van der Waals surface area (Å²) in [6, 6.07) is 0.0285. The molecule has 0 atom stereocenters. The number of carbonyl (C=O) groups is 1. The van der Waals surface area contributed by atoms with Crippen LogP contribution in [0.15, 0.2) is 6.33 Å². The third-order valence-corrected chi connectivity index (χ3v) is 2.34. The Morgan fingerprint density at radius 3 is 2.69 bits per heavy atom. The van der Waals surface area contributed by atoms with Gasteiger partial charge in [-0.15, -0.1) is 0 Å². The predicted octanol–water partition coefficient (Wildman–Crippen LogP) is 0.412. The minimum Gasteiger partial charge on any atom is -0.393 e. The number of nitrogens with zero attached hydrogens (tertiary/aromatic N) is 3. The molecule has 7 heteroatoms. The van der Waals surface area contributed by atoms with E-state index in [1.807, 2.05) is 13.8 Å². The van der Waals surface area contributed by atoms with Crippen LogP contribution in [0.3, 0.4) is 0 Å². The number of rotatable bonds is 4. The van der Waals surface area contributed by atoms with Gasteiger partial charge in [-0.3, -0.25) is 4.79 Å². The summed E-state index contributed by atoms with van der Waals surface area (Å²) >= 11 is 5.78. The fraction of sp³-hybridized carbons (Fsp3) is 0.444. The smallest absolute Gasteiger partial charge is 0.237 e. The van der Waals surface area contributed by atoms with Crippen molar-refractivity contribution in [1.29, 1.82) is 0 Å². The number of nitrogen functional groups attached to an aromatic ring is 1. The number of hydrogen-bond donors (Lipinski definition) is 2. The Hall–Kier alpha value is -1.56. The maximum absolute atomic E-state index is 10.9. The summed E-state index contributed by atoms with van der Waals surface area (Å²) in [5, 5.41) is 0.167. The first-order valence-electron chi connectivity index (χ1n) is 4.74. The van der Waals surface area contributed by atoms with Gasteiger partial charge in [-0.05, 0) is 13.8 Å². The average Bonchev–Trinajstić information content (AvgIpc) is 2.18. The Balaban J connectivity index is 3.10. The van der Waals surface area contributed by atoms with Crippen molar-refractivity contribution in [2.75, 3.05) is 17.2 Å². The van der Waals surface area contributed by atoms with E-state index in [4.69, 9.17) is 23.1 Å². The van der Waals surface area contributed by atoms with Crippen LogP contribution in [0.1, 0.15) is 13.8 Å². The standard InChI is InChI=1S/C9H14ClN5O/c1-5(2)15(3-6(11)16)9-7(12)8(10)13-4-14-9/h4-5H,3,12H2,1-2H3,(H2,11,16). The Morgan fingerprint density at radius 2 is 2.19 bits per heavy atom. The van der Waals surface area contributed by atoms with Crippen LogP contribution in [0, 0.1) is 0 Å². The lowest BCUT2D eigenvalue weighted by atomic mass is 10.3. The van der Waals surface area contributed by atoms with Crippen molar-refractivity contribution in [3.63, 3.8) is 0 Å². The lowest BCUT2D eigenvalue weighted by Crippen LogP contribution is -2.39. The SMILES string of the molecule is CC(C)N(CC(N)=O)c1ncnc(Cl)c1N. The minimum absolute atomic E-state index is 0.0285. The number of anilines is 2. The molecule has 1 heterocycles. The lowest BCUT2D eigenvalue weighted by Gasteiger charge is -2.27. The van der Waals surface area contributed by atoms with Gasteiger partial charge in [-0.1, -0.05) is 11.6 Å². The van der Waals surface area contributed by atoms with Crippen LogP contribution < -0.4 is 16.4 Å². The van der Waals surface area contributed by atoms with E-state index < -0.39 is 5.91 Å². The molecular weight excluding hydrogens is 230 g/mol. The summed E-state index contributed by atoms with van der Waals surface area (Å²) in [7, 11) is 0. The molecule has 0 fully saturated rings. The number of carbonyl (C=O) groups excluding carboxylic acids is 1. The van der Waals surface area contributed by atoms with Crippen molar-refractivity contribution in [2.45, 2.75) is 19.9 Å². The Morgan fingerprint density at radius 1 is 1.56 bits per heavy atom. The molecule has 0 aliphatic carbocycles. The van der Waals surface area contributed by atoms with Gasteiger partial charge in [0, 0.05) is 6.04 Å². The Bertz CT molecular complexity index is 395. The molecule has 0 bridgehead atoms. The zero-order valence-electron chi connectivity index (χ0n) is 9.14. The molecule has 1 aromatic rings. The number of halogens is 1. The minimum atomic E-state index is -0.456. The van der Waals surface area contributed by atoms with Crippen LogP contribution in [0.25, 0.3) is 0 Å². The van der Waals surface area contributed by atoms with Gasteiger partial charge < -0.3 is 16.4 Å². The van der Waals surface area contributed by atoms with E-state index >= 15 is 0 Å². The first kappa shape index (κ1) is 12.5. The monoisotopic (exact) mass is 243 g/mol. The molecule has 0 aliphatic heterocycles. The maximum Gasteiger partial charge on any atom is 0.237 e. The highest BCUT2D eigenvalue weighted by atomic mass is 35.5. The number of hydrogen-bond acceptors (Lipinski definition) is 5. The summed E-state index contributed by atoms with van der Waals surface area (Å²) in [4.78, 5) is 20.4. The second-order valence-electron chi connectivity index (χ2n) is 3.59. The Labute approximate surface area is 98.6 Å². The molecule has 0 radical (unpaired) electrons. The predicted molar refractivity (Wildman–Crippen MR) is 63.1 cm³/mol. The van der Waals surface area contributed by atoms with Crippen molar-refractivity contribution < 1.29 is 4.79 Å². The third kappa shape index (κ3) is 2.73. The molecule has 1 amide bonds. The van der Waals surface area contributed by atoms with E-state index in [9.17, 15) is 4.79 Å². The summed E-state index contributed by atoms with van der Waals surface area (Å²) in [5.74, 6) is -0.0309. The van der Waals surface area contributed by atoms with Crippen LogP contribution in [-0.2, 0) is 4.79 Å². The van der Waals surface area contributed by atoms with E-state index in [0.717, 1.165) is 0 Å². The molecule has 88 valence electrons. The second kappa shape index (κ2) is 4.98. The van der Waals surface area contributed by atoms with Gasteiger partial charge in [-0.25, -0.2) is 9.97 Å². The van der Waals surface area contributed by atoms with Crippen LogP contribution in [-0.4, -0.2) is 28.5 Å². The van der Waals surface area contributed by atoms with Gasteiger partial charge in [0.2, 0.25) is 5.91 Å². The lowest BCUT2D eigenvalue weighted by molar-refractivity contribution is -0.116. The van der Waals surface area contributed by atoms with Gasteiger partial charge in [0.25, 0.3) is 0 Å². The highest BCUT2D eigenvalue weighted by Gasteiger charge is 2.18. The fourth-order valence-corrected chi connectivity index (χ4v) is 1.39. The van der Waals surface area contributed by atoms with Crippen molar-refractivity contribution in [2.24, 2.45) is 5.73 Å². The summed E-state index contributed by atoms with van der Waals surface area (Å²) in [6.07, 6.45) is 1.30. The van der Waals surface area contributed by atoms with Crippen LogP contribution >= 0.6 is 11.6 Å². The molecule has 0 spiro atoms. The molecule has 6 nitrogen and oxygen atoms in total. The van der Waals surface area contributed by atoms with Crippen molar-refractivity contribution in [3.05, 3.63) is 11.5 Å². The summed E-state index contributed by atoms with van der Waals surface area (Å²) < 4.78 is 0. The Kier molecular flexibility index (Phi) is 3.89. The second-order valence-corrected chi connectivity index (χ2v) is 3.95. The molecule has 0 aromatic carbocycles. The van der Waals surface area contributed by atoms with E-state index in [-0.39, 0.29) is 23.4 Å². The molecule has 16 heavy (non-hydrogen) atoms. The molecular formula is C9H14ClN5O. The van der Waals surface area contributed by atoms with E-state index in [2.05, 4.69) is 9.97 Å². The summed E-state index contributed by atoms with van der Waals surface area (Å²) in [6.45, 7) is 3.84. The van der Waals surface area contributed by atoms with Gasteiger partial charge in [-0.2, -0.15) is 0 Å². The number of nitrogens with two attached hydrogens (primary N) is 2. The highest BCUT2D eigenvalue weighted by Crippen LogP contribution is 2.26. The number of primary amides is 1.